The number of rotatable bonds is 4. The van der Waals surface area contributed by atoms with E-state index in [0.717, 1.165) is 12.8 Å². The van der Waals surface area contributed by atoms with E-state index < -0.39 is 0 Å². The van der Waals surface area contributed by atoms with E-state index in [1.807, 2.05) is 6.07 Å². The van der Waals surface area contributed by atoms with Crippen LogP contribution in [0.3, 0.4) is 0 Å². The molecule has 0 radical (unpaired) electrons. The molecule has 0 saturated heterocycles. The van der Waals surface area contributed by atoms with Gasteiger partial charge in [0, 0.05) is 24.5 Å². The molecule has 3 rings (SSSR count). The van der Waals surface area contributed by atoms with Crippen LogP contribution in [0.1, 0.15) is 49.0 Å². The fraction of sp³-hybridized carbons (Fsp3) is 0.389. The predicted octanol–water partition coefficient (Wildman–Crippen LogP) is 3.72. The first kappa shape index (κ1) is 15.5. The van der Waals surface area contributed by atoms with Gasteiger partial charge in [-0.05, 0) is 31.0 Å². The number of hydrogen-bond acceptors (Lipinski definition) is 4. The lowest BCUT2D eigenvalue weighted by atomic mass is 10.1. The Morgan fingerprint density at radius 2 is 1.91 bits per heavy atom. The molecule has 1 amide bonds. The molecular formula is C18H21N3O2. The molecule has 5 nitrogen and oxygen atoms in total. The summed E-state index contributed by atoms with van der Waals surface area (Å²) in [5.74, 6) is 1.08. The molecule has 2 heterocycles. The quantitative estimate of drug-likeness (QED) is 0.874. The normalized spacial score (nSPS) is 15.7. The first-order chi connectivity index (χ1) is 11.3. The van der Waals surface area contributed by atoms with Crippen molar-refractivity contribution < 1.29 is 9.53 Å². The van der Waals surface area contributed by atoms with Crippen LogP contribution < -0.4 is 10.1 Å². The number of carbonyl (C=O) groups excluding carboxylic acids is 1. The maximum absolute atomic E-state index is 12.4. The summed E-state index contributed by atoms with van der Waals surface area (Å²) in [5, 5.41) is 3.10. The van der Waals surface area contributed by atoms with E-state index in [1.54, 1.807) is 36.8 Å². The molecule has 0 spiro atoms. The summed E-state index contributed by atoms with van der Waals surface area (Å²) in [6, 6.07) is 7.28. The van der Waals surface area contributed by atoms with Crippen molar-refractivity contribution >= 4 is 5.91 Å². The van der Waals surface area contributed by atoms with Gasteiger partial charge in [-0.1, -0.05) is 25.7 Å². The largest absolute Gasteiger partial charge is 0.456 e. The minimum Gasteiger partial charge on any atom is -0.456 e. The molecule has 2 aromatic heterocycles. The molecule has 120 valence electrons. The monoisotopic (exact) mass is 311 g/mol. The molecule has 0 atom stereocenters. The maximum atomic E-state index is 12.4. The van der Waals surface area contributed by atoms with Crippen molar-refractivity contribution in [2.75, 3.05) is 0 Å². The average molecular weight is 311 g/mol. The summed E-state index contributed by atoms with van der Waals surface area (Å²) in [5.41, 5.74) is 0.385. The molecule has 1 saturated carbocycles. The van der Waals surface area contributed by atoms with Crippen molar-refractivity contribution in [1.29, 1.82) is 0 Å². The van der Waals surface area contributed by atoms with Gasteiger partial charge in [-0.3, -0.25) is 14.8 Å². The van der Waals surface area contributed by atoms with E-state index in [-0.39, 0.29) is 11.9 Å². The fourth-order valence-electron chi connectivity index (χ4n) is 2.83. The van der Waals surface area contributed by atoms with E-state index in [2.05, 4.69) is 15.3 Å². The number of carbonyl (C=O) groups is 1. The minimum absolute atomic E-state index is 0.131. The molecule has 0 bridgehead atoms. The van der Waals surface area contributed by atoms with Crippen LogP contribution in [0.25, 0.3) is 0 Å². The van der Waals surface area contributed by atoms with Gasteiger partial charge >= 0.3 is 0 Å². The molecule has 1 N–H and O–H groups in total. The van der Waals surface area contributed by atoms with Crippen molar-refractivity contribution in [2.45, 2.75) is 44.6 Å². The zero-order chi connectivity index (χ0) is 15.9. The molecule has 5 heteroatoms. The Morgan fingerprint density at radius 1 is 1.09 bits per heavy atom. The third kappa shape index (κ3) is 4.52. The first-order valence-corrected chi connectivity index (χ1v) is 8.16. The molecule has 2 aromatic rings. The second-order valence-electron chi connectivity index (χ2n) is 5.83. The Labute approximate surface area is 136 Å². The molecule has 0 aromatic carbocycles. The van der Waals surface area contributed by atoms with Gasteiger partial charge in [0.1, 0.15) is 17.2 Å². The highest BCUT2D eigenvalue weighted by Gasteiger charge is 2.17. The van der Waals surface area contributed by atoms with E-state index in [1.165, 1.54) is 25.7 Å². The van der Waals surface area contributed by atoms with Crippen LogP contribution in [0, 0.1) is 0 Å². The molecule has 1 fully saturated rings. The van der Waals surface area contributed by atoms with Gasteiger partial charge in [0.15, 0.2) is 0 Å². The van der Waals surface area contributed by atoms with Crippen molar-refractivity contribution in [2.24, 2.45) is 0 Å². The van der Waals surface area contributed by atoms with Crippen molar-refractivity contribution in [1.82, 2.24) is 15.3 Å². The Morgan fingerprint density at radius 3 is 2.65 bits per heavy atom. The number of aromatic nitrogens is 2. The van der Waals surface area contributed by atoms with Gasteiger partial charge in [0.2, 0.25) is 0 Å². The molecule has 23 heavy (non-hydrogen) atoms. The smallest absolute Gasteiger partial charge is 0.270 e. The number of amides is 1. The average Bonchev–Trinajstić information content (AvgIpc) is 2.85. The Balaban J connectivity index is 1.65. The SMILES string of the molecule is O=C(NC1CCCCCC1)c1cc(Oc2cccnc2)ccn1. The third-order valence-corrected chi connectivity index (χ3v) is 4.02. The molecular weight excluding hydrogens is 290 g/mol. The van der Waals surface area contributed by atoms with Gasteiger partial charge in [0.05, 0.1) is 6.20 Å². The fourth-order valence-corrected chi connectivity index (χ4v) is 2.83. The van der Waals surface area contributed by atoms with Crippen LogP contribution in [-0.4, -0.2) is 21.9 Å². The summed E-state index contributed by atoms with van der Waals surface area (Å²) in [4.78, 5) is 20.6. The second kappa shape index (κ2) is 7.72. The summed E-state index contributed by atoms with van der Waals surface area (Å²) in [6.45, 7) is 0. The molecule has 1 aliphatic carbocycles. The van der Waals surface area contributed by atoms with Gasteiger partial charge < -0.3 is 10.1 Å². The zero-order valence-electron chi connectivity index (χ0n) is 13.1. The number of nitrogens with zero attached hydrogens (tertiary/aromatic N) is 2. The van der Waals surface area contributed by atoms with Crippen LogP contribution in [0.15, 0.2) is 42.9 Å². The van der Waals surface area contributed by atoms with Crippen molar-refractivity contribution in [3.8, 4) is 11.5 Å². The lowest BCUT2D eigenvalue weighted by Gasteiger charge is -2.16. The van der Waals surface area contributed by atoms with E-state index in [0.29, 0.717) is 17.2 Å². The van der Waals surface area contributed by atoms with Gasteiger partial charge in [-0.25, -0.2) is 0 Å². The van der Waals surface area contributed by atoms with Crippen LogP contribution >= 0.6 is 0 Å². The Kier molecular flexibility index (Phi) is 5.19. The first-order valence-electron chi connectivity index (χ1n) is 8.16. The lowest BCUT2D eigenvalue weighted by molar-refractivity contribution is 0.0928. The van der Waals surface area contributed by atoms with Crippen LogP contribution in [-0.2, 0) is 0 Å². The second-order valence-corrected chi connectivity index (χ2v) is 5.83. The van der Waals surface area contributed by atoms with Crippen molar-refractivity contribution in [3.05, 3.63) is 48.5 Å². The van der Waals surface area contributed by atoms with Gasteiger partial charge in [-0.2, -0.15) is 0 Å². The zero-order valence-corrected chi connectivity index (χ0v) is 13.1. The van der Waals surface area contributed by atoms with Crippen LogP contribution in [0.5, 0.6) is 11.5 Å². The summed E-state index contributed by atoms with van der Waals surface area (Å²) in [7, 11) is 0. The molecule has 0 unspecified atom stereocenters. The highest BCUT2D eigenvalue weighted by Crippen LogP contribution is 2.21. The number of ether oxygens (including phenoxy) is 1. The predicted molar refractivity (Wildman–Crippen MR) is 87.5 cm³/mol. The van der Waals surface area contributed by atoms with Crippen molar-refractivity contribution in [3.63, 3.8) is 0 Å². The summed E-state index contributed by atoms with van der Waals surface area (Å²) < 4.78 is 5.70. The summed E-state index contributed by atoms with van der Waals surface area (Å²) >= 11 is 0. The van der Waals surface area contributed by atoms with Crippen LogP contribution in [0.2, 0.25) is 0 Å². The third-order valence-electron chi connectivity index (χ3n) is 4.02. The maximum Gasteiger partial charge on any atom is 0.270 e. The number of nitrogens with one attached hydrogen (secondary N) is 1. The van der Waals surface area contributed by atoms with E-state index >= 15 is 0 Å². The number of hydrogen-bond donors (Lipinski definition) is 1. The van der Waals surface area contributed by atoms with Gasteiger partial charge in [-0.15, -0.1) is 0 Å². The highest BCUT2D eigenvalue weighted by molar-refractivity contribution is 5.92. The Hall–Kier alpha value is -2.43. The summed E-state index contributed by atoms with van der Waals surface area (Å²) in [6.07, 6.45) is 11.9. The Bertz CT molecular complexity index is 638. The molecule has 1 aliphatic rings. The van der Waals surface area contributed by atoms with Gasteiger partial charge in [0.25, 0.3) is 5.91 Å². The van der Waals surface area contributed by atoms with E-state index in [9.17, 15) is 4.79 Å². The standard InChI is InChI=1S/C18H21N3O2/c22-18(21-14-6-3-1-2-4-7-14)17-12-15(9-11-20-17)23-16-8-5-10-19-13-16/h5,8-14H,1-4,6-7H2,(H,21,22). The van der Waals surface area contributed by atoms with E-state index in [4.69, 9.17) is 4.74 Å². The minimum atomic E-state index is -0.131. The highest BCUT2D eigenvalue weighted by atomic mass is 16.5. The molecule has 0 aliphatic heterocycles. The number of pyridine rings is 2. The van der Waals surface area contributed by atoms with Crippen LogP contribution in [0.4, 0.5) is 0 Å². The lowest BCUT2D eigenvalue weighted by Crippen LogP contribution is -2.34. The topological polar surface area (TPSA) is 64.1 Å².